The zero-order chi connectivity index (χ0) is 12.8. The molecule has 0 aromatic rings. The van der Waals surface area contributed by atoms with Crippen molar-refractivity contribution in [3.63, 3.8) is 0 Å². The summed E-state index contributed by atoms with van der Waals surface area (Å²) in [5.41, 5.74) is -0.113. The molecule has 1 saturated carbocycles. The van der Waals surface area contributed by atoms with Crippen LogP contribution in [-0.2, 0) is 9.47 Å². The van der Waals surface area contributed by atoms with Crippen LogP contribution in [0.3, 0.4) is 0 Å². The molecule has 0 aromatic heterocycles. The van der Waals surface area contributed by atoms with Crippen molar-refractivity contribution in [3.05, 3.63) is 0 Å². The van der Waals surface area contributed by atoms with Gasteiger partial charge in [-0.3, -0.25) is 0 Å². The molecule has 4 heteroatoms. The summed E-state index contributed by atoms with van der Waals surface area (Å²) in [4.78, 5) is 0. The van der Waals surface area contributed by atoms with Crippen LogP contribution in [-0.4, -0.2) is 50.2 Å². The standard InChI is InChI=1S/C14H27NO3/c1-15-14(11-16)6-2-3-13(9-14)18-10-12-4-7-17-8-5-12/h12-13,15-16H,2-11H2,1H3. The van der Waals surface area contributed by atoms with E-state index in [1.54, 1.807) is 0 Å². The Balaban J connectivity index is 1.75. The van der Waals surface area contributed by atoms with Gasteiger partial charge in [-0.2, -0.15) is 0 Å². The Hall–Kier alpha value is -0.160. The Morgan fingerprint density at radius 3 is 2.78 bits per heavy atom. The van der Waals surface area contributed by atoms with E-state index in [1.807, 2.05) is 7.05 Å². The Morgan fingerprint density at radius 1 is 1.33 bits per heavy atom. The summed E-state index contributed by atoms with van der Waals surface area (Å²) >= 11 is 0. The molecule has 1 heterocycles. The summed E-state index contributed by atoms with van der Waals surface area (Å²) in [5.74, 6) is 0.666. The first-order valence-corrected chi connectivity index (χ1v) is 7.27. The minimum absolute atomic E-state index is 0.113. The molecule has 0 bridgehead atoms. The van der Waals surface area contributed by atoms with Crippen LogP contribution in [0.4, 0.5) is 0 Å². The van der Waals surface area contributed by atoms with Gasteiger partial charge in [0.25, 0.3) is 0 Å². The Labute approximate surface area is 110 Å². The van der Waals surface area contributed by atoms with Crippen molar-refractivity contribution in [2.45, 2.75) is 50.2 Å². The van der Waals surface area contributed by atoms with E-state index in [1.165, 1.54) is 0 Å². The second kappa shape index (κ2) is 6.85. The first kappa shape index (κ1) is 14.3. The van der Waals surface area contributed by atoms with Crippen LogP contribution in [0.5, 0.6) is 0 Å². The quantitative estimate of drug-likeness (QED) is 0.780. The van der Waals surface area contributed by atoms with Crippen LogP contribution in [0.25, 0.3) is 0 Å². The number of hydrogen-bond donors (Lipinski definition) is 2. The molecule has 2 aliphatic rings. The maximum Gasteiger partial charge on any atom is 0.0614 e. The number of nitrogens with one attached hydrogen (secondary N) is 1. The van der Waals surface area contributed by atoms with Gasteiger partial charge in [-0.05, 0) is 51.5 Å². The molecule has 2 rings (SSSR count). The highest BCUT2D eigenvalue weighted by atomic mass is 16.5. The second-order valence-electron chi connectivity index (χ2n) is 5.80. The average molecular weight is 257 g/mol. The summed E-state index contributed by atoms with van der Waals surface area (Å²) in [5, 5.41) is 12.8. The summed E-state index contributed by atoms with van der Waals surface area (Å²) in [6, 6.07) is 0. The summed E-state index contributed by atoms with van der Waals surface area (Å²) in [7, 11) is 1.94. The zero-order valence-electron chi connectivity index (χ0n) is 11.5. The molecule has 18 heavy (non-hydrogen) atoms. The lowest BCUT2D eigenvalue weighted by molar-refractivity contribution is -0.0447. The lowest BCUT2D eigenvalue weighted by Gasteiger charge is -2.40. The molecule has 2 atom stereocenters. The molecule has 1 saturated heterocycles. The van der Waals surface area contributed by atoms with E-state index in [9.17, 15) is 5.11 Å². The molecule has 0 spiro atoms. The minimum atomic E-state index is -0.113. The lowest BCUT2D eigenvalue weighted by Crippen LogP contribution is -2.51. The van der Waals surface area contributed by atoms with E-state index in [0.717, 1.165) is 58.3 Å². The predicted octanol–water partition coefficient (Wildman–Crippen LogP) is 1.32. The highest BCUT2D eigenvalue weighted by molar-refractivity contribution is 4.92. The van der Waals surface area contributed by atoms with E-state index in [2.05, 4.69) is 5.32 Å². The number of aliphatic hydroxyl groups excluding tert-OH is 1. The molecule has 1 aliphatic carbocycles. The van der Waals surface area contributed by atoms with E-state index < -0.39 is 0 Å². The normalized spacial score (nSPS) is 34.7. The number of ether oxygens (including phenoxy) is 2. The SMILES string of the molecule is CNC1(CO)CCCC(OCC2CCOCC2)C1. The highest BCUT2D eigenvalue weighted by Gasteiger charge is 2.35. The second-order valence-corrected chi connectivity index (χ2v) is 5.80. The van der Waals surface area contributed by atoms with Gasteiger partial charge in [-0.1, -0.05) is 0 Å². The van der Waals surface area contributed by atoms with Gasteiger partial charge in [0.15, 0.2) is 0 Å². The molecule has 0 aromatic carbocycles. The van der Waals surface area contributed by atoms with Gasteiger partial charge in [0, 0.05) is 25.4 Å². The fourth-order valence-corrected chi connectivity index (χ4v) is 3.09. The van der Waals surface area contributed by atoms with Crippen LogP contribution in [0, 0.1) is 5.92 Å². The van der Waals surface area contributed by atoms with Gasteiger partial charge < -0.3 is 19.9 Å². The van der Waals surface area contributed by atoms with Crippen LogP contribution in [0.15, 0.2) is 0 Å². The summed E-state index contributed by atoms with van der Waals surface area (Å²) < 4.78 is 11.4. The van der Waals surface area contributed by atoms with Crippen molar-refractivity contribution in [2.24, 2.45) is 5.92 Å². The molecule has 4 nitrogen and oxygen atoms in total. The maximum atomic E-state index is 9.54. The maximum absolute atomic E-state index is 9.54. The van der Waals surface area contributed by atoms with Gasteiger partial charge in [-0.15, -0.1) is 0 Å². The van der Waals surface area contributed by atoms with Crippen LogP contribution in [0.2, 0.25) is 0 Å². The molecule has 2 fully saturated rings. The molecule has 1 aliphatic heterocycles. The third-order valence-corrected chi connectivity index (χ3v) is 4.54. The molecular formula is C14H27NO3. The van der Waals surface area contributed by atoms with Crippen LogP contribution in [0.1, 0.15) is 38.5 Å². The van der Waals surface area contributed by atoms with Crippen molar-refractivity contribution in [1.82, 2.24) is 5.32 Å². The summed E-state index contributed by atoms with van der Waals surface area (Å²) in [6.45, 7) is 2.84. The molecule has 0 amide bonds. The Kier molecular flexibility index (Phi) is 5.42. The van der Waals surface area contributed by atoms with Gasteiger partial charge in [0.1, 0.15) is 0 Å². The van der Waals surface area contributed by atoms with E-state index in [0.29, 0.717) is 12.0 Å². The minimum Gasteiger partial charge on any atom is -0.394 e. The number of hydrogen-bond acceptors (Lipinski definition) is 4. The lowest BCUT2D eigenvalue weighted by atomic mass is 9.80. The Morgan fingerprint density at radius 2 is 2.11 bits per heavy atom. The van der Waals surface area contributed by atoms with Crippen molar-refractivity contribution in [3.8, 4) is 0 Å². The number of rotatable bonds is 5. The average Bonchev–Trinajstić information content (AvgIpc) is 2.46. The van der Waals surface area contributed by atoms with Crippen molar-refractivity contribution in [2.75, 3.05) is 33.5 Å². The smallest absolute Gasteiger partial charge is 0.0614 e. The number of aliphatic hydroxyl groups is 1. The third-order valence-electron chi connectivity index (χ3n) is 4.54. The van der Waals surface area contributed by atoms with E-state index in [4.69, 9.17) is 9.47 Å². The zero-order valence-corrected chi connectivity index (χ0v) is 11.5. The predicted molar refractivity (Wildman–Crippen MR) is 70.6 cm³/mol. The topological polar surface area (TPSA) is 50.7 Å². The van der Waals surface area contributed by atoms with Crippen LogP contribution < -0.4 is 5.32 Å². The monoisotopic (exact) mass is 257 g/mol. The molecule has 0 radical (unpaired) electrons. The summed E-state index contributed by atoms with van der Waals surface area (Å²) in [6.07, 6.45) is 6.82. The largest absolute Gasteiger partial charge is 0.394 e. The van der Waals surface area contributed by atoms with Crippen molar-refractivity contribution >= 4 is 0 Å². The van der Waals surface area contributed by atoms with Crippen molar-refractivity contribution < 1.29 is 14.6 Å². The van der Waals surface area contributed by atoms with E-state index >= 15 is 0 Å². The van der Waals surface area contributed by atoms with E-state index in [-0.39, 0.29) is 12.1 Å². The van der Waals surface area contributed by atoms with Gasteiger partial charge in [0.2, 0.25) is 0 Å². The first-order valence-electron chi connectivity index (χ1n) is 7.27. The number of likely N-dealkylation sites (N-methyl/N-ethyl adjacent to an activating group) is 1. The van der Waals surface area contributed by atoms with Gasteiger partial charge in [-0.25, -0.2) is 0 Å². The molecule has 2 unspecified atom stereocenters. The molecule has 106 valence electrons. The highest BCUT2D eigenvalue weighted by Crippen LogP contribution is 2.30. The van der Waals surface area contributed by atoms with Crippen molar-refractivity contribution in [1.29, 1.82) is 0 Å². The Bertz CT molecular complexity index is 237. The fourth-order valence-electron chi connectivity index (χ4n) is 3.09. The fraction of sp³-hybridized carbons (Fsp3) is 1.00. The third kappa shape index (κ3) is 3.67. The van der Waals surface area contributed by atoms with Crippen LogP contribution >= 0.6 is 0 Å². The molecular weight excluding hydrogens is 230 g/mol. The van der Waals surface area contributed by atoms with Gasteiger partial charge in [0.05, 0.1) is 12.7 Å². The van der Waals surface area contributed by atoms with Gasteiger partial charge >= 0.3 is 0 Å². The molecule has 2 N–H and O–H groups in total. The first-order chi connectivity index (χ1) is 8.78.